The van der Waals surface area contributed by atoms with Gasteiger partial charge in [-0.25, -0.2) is 12.4 Å². The van der Waals surface area contributed by atoms with Gasteiger partial charge >= 0.3 is 0 Å². The number of benzene rings is 2. The Morgan fingerprint density at radius 2 is 1.83 bits per heavy atom. The van der Waals surface area contributed by atoms with Gasteiger partial charge in [-0.05, 0) is 47.1 Å². The quantitative estimate of drug-likeness (QED) is 0.717. The molecule has 0 amide bonds. The predicted octanol–water partition coefficient (Wildman–Crippen LogP) is 3.42. The number of ether oxygens (including phenoxy) is 1. The van der Waals surface area contributed by atoms with Crippen molar-refractivity contribution in [1.29, 1.82) is 0 Å². The summed E-state index contributed by atoms with van der Waals surface area (Å²) in [6.07, 6.45) is 0. The Kier molecular flexibility index (Phi) is 4.42. The Hall–Kier alpha value is -1.83. The number of methoxy groups -OCH3 is 1. The number of hydrogen-bond donors (Lipinski definition) is 1. The molecule has 24 heavy (non-hydrogen) atoms. The highest BCUT2D eigenvalue weighted by molar-refractivity contribution is 9.10. The molecule has 0 aliphatic heterocycles. The Balaban J connectivity index is 2.33. The Labute approximate surface area is 149 Å². The number of nitrogens with zero attached hydrogens (tertiary/aromatic N) is 1. The van der Waals surface area contributed by atoms with Gasteiger partial charge in [-0.15, -0.1) is 0 Å². The molecule has 3 rings (SSSR count). The maximum absolute atomic E-state index is 13.1. The lowest BCUT2D eigenvalue weighted by atomic mass is 10.2. The summed E-state index contributed by atoms with van der Waals surface area (Å²) in [6.45, 7) is 2.02. The van der Waals surface area contributed by atoms with Crippen molar-refractivity contribution in [3.8, 4) is 5.75 Å². The van der Waals surface area contributed by atoms with Crippen LogP contribution in [0.1, 0.15) is 11.3 Å². The summed E-state index contributed by atoms with van der Waals surface area (Å²) in [5.41, 5.74) is 7.85. The summed E-state index contributed by atoms with van der Waals surface area (Å²) in [5, 5.41) is 0.777. The van der Waals surface area contributed by atoms with Crippen molar-refractivity contribution in [3.05, 3.63) is 58.2 Å². The van der Waals surface area contributed by atoms with E-state index in [0.717, 1.165) is 15.4 Å². The van der Waals surface area contributed by atoms with E-state index in [2.05, 4.69) is 15.9 Å². The highest BCUT2D eigenvalue weighted by atomic mass is 79.9. The first-order chi connectivity index (χ1) is 11.4. The van der Waals surface area contributed by atoms with Crippen molar-refractivity contribution in [3.63, 3.8) is 0 Å². The molecular weight excluding hydrogens is 392 g/mol. The molecular formula is C17H17BrN2O3S. The third kappa shape index (κ3) is 2.72. The first-order valence-electron chi connectivity index (χ1n) is 7.28. The van der Waals surface area contributed by atoms with Crippen LogP contribution in [-0.2, 0) is 16.6 Å². The van der Waals surface area contributed by atoms with Crippen molar-refractivity contribution >= 4 is 36.9 Å². The van der Waals surface area contributed by atoms with E-state index < -0.39 is 10.0 Å². The zero-order valence-electron chi connectivity index (χ0n) is 13.3. The molecule has 0 atom stereocenters. The van der Waals surface area contributed by atoms with Crippen LogP contribution in [0.5, 0.6) is 5.75 Å². The first kappa shape index (κ1) is 17.0. The average Bonchev–Trinajstić information content (AvgIpc) is 2.92. The first-order valence-corrected chi connectivity index (χ1v) is 9.52. The van der Waals surface area contributed by atoms with Gasteiger partial charge < -0.3 is 10.5 Å². The third-order valence-corrected chi connectivity index (χ3v) is 6.27. The SMILES string of the molecule is COc1cc2c(cc1Br)cc(CN)n2S(=O)(=O)c1ccc(C)cc1. The molecule has 0 bridgehead atoms. The Morgan fingerprint density at radius 3 is 2.42 bits per heavy atom. The molecule has 3 aromatic rings. The van der Waals surface area contributed by atoms with Crippen LogP contribution in [0, 0.1) is 6.92 Å². The number of aromatic nitrogens is 1. The maximum atomic E-state index is 13.1. The molecule has 1 heterocycles. The third-order valence-electron chi connectivity index (χ3n) is 3.87. The predicted molar refractivity (Wildman–Crippen MR) is 97.8 cm³/mol. The average molecular weight is 409 g/mol. The van der Waals surface area contributed by atoms with E-state index >= 15 is 0 Å². The van der Waals surface area contributed by atoms with Crippen LogP contribution >= 0.6 is 15.9 Å². The second-order valence-electron chi connectivity index (χ2n) is 5.47. The van der Waals surface area contributed by atoms with Crippen LogP contribution in [0.25, 0.3) is 10.9 Å². The fourth-order valence-corrected chi connectivity index (χ4v) is 4.71. The Bertz CT molecular complexity index is 1010. The second kappa shape index (κ2) is 6.23. The van der Waals surface area contributed by atoms with Gasteiger partial charge in [-0.3, -0.25) is 0 Å². The summed E-state index contributed by atoms with van der Waals surface area (Å²) in [4.78, 5) is 0.224. The zero-order chi connectivity index (χ0) is 17.5. The number of nitrogens with two attached hydrogens (primary N) is 1. The molecule has 0 aliphatic rings. The van der Waals surface area contributed by atoms with Crippen molar-refractivity contribution in [2.75, 3.05) is 7.11 Å². The monoisotopic (exact) mass is 408 g/mol. The lowest BCUT2D eigenvalue weighted by molar-refractivity contribution is 0.412. The van der Waals surface area contributed by atoms with Crippen LogP contribution in [0.4, 0.5) is 0 Å². The van der Waals surface area contributed by atoms with Crippen LogP contribution in [0.2, 0.25) is 0 Å². The van der Waals surface area contributed by atoms with Crippen LogP contribution < -0.4 is 10.5 Å². The molecule has 126 valence electrons. The molecule has 2 aromatic carbocycles. The van der Waals surface area contributed by atoms with E-state index in [4.69, 9.17) is 10.5 Å². The standard InChI is InChI=1S/C17H17BrN2O3S/c1-11-3-5-14(6-4-11)24(21,22)20-13(10-19)7-12-8-15(18)17(23-2)9-16(12)20/h3-9H,10,19H2,1-2H3. The van der Waals surface area contributed by atoms with Gasteiger partial charge in [0.05, 0.1) is 22.0 Å². The fourth-order valence-electron chi connectivity index (χ4n) is 2.64. The van der Waals surface area contributed by atoms with Crippen LogP contribution in [-0.4, -0.2) is 19.5 Å². The number of aryl methyl sites for hydroxylation is 1. The lowest BCUT2D eigenvalue weighted by Gasteiger charge is -2.12. The summed E-state index contributed by atoms with van der Waals surface area (Å²) >= 11 is 3.42. The molecule has 7 heteroatoms. The van der Waals surface area contributed by atoms with Gasteiger partial charge in [-0.2, -0.15) is 0 Å². The molecule has 0 unspecified atom stereocenters. The van der Waals surface area contributed by atoms with Gasteiger partial charge in [0.2, 0.25) is 0 Å². The van der Waals surface area contributed by atoms with E-state index in [-0.39, 0.29) is 11.4 Å². The number of fused-ring (bicyclic) bond motifs is 1. The minimum atomic E-state index is -3.75. The molecule has 1 aromatic heterocycles. The topological polar surface area (TPSA) is 74.3 Å². The zero-order valence-corrected chi connectivity index (χ0v) is 15.7. The van der Waals surface area contributed by atoms with Crippen molar-refractivity contribution in [1.82, 2.24) is 3.97 Å². The minimum absolute atomic E-state index is 0.111. The lowest BCUT2D eigenvalue weighted by Crippen LogP contribution is -2.17. The Morgan fingerprint density at radius 1 is 1.17 bits per heavy atom. The number of halogens is 1. The maximum Gasteiger partial charge on any atom is 0.268 e. The highest BCUT2D eigenvalue weighted by Gasteiger charge is 2.23. The number of hydrogen-bond acceptors (Lipinski definition) is 4. The van der Waals surface area contributed by atoms with Crippen LogP contribution in [0.15, 0.2) is 51.8 Å². The summed E-state index contributed by atoms with van der Waals surface area (Å²) < 4.78 is 33.6. The fraction of sp³-hybridized carbons (Fsp3) is 0.176. The molecule has 0 fully saturated rings. The van der Waals surface area contributed by atoms with E-state index in [1.807, 2.05) is 13.0 Å². The molecule has 0 radical (unpaired) electrons. The second-order valence-corrected chi connectivity index (χ2v) is 8.11. The van der Waals surface area contributed by atoms with Crippen molar-refractivity contribution in [2.45, 2.75) is 18.4 Å². The molecule has 0 aliphatic carbocycles. The number of rotatable bonds is 4. The van der Waals surface area contributed by atoms with Gasteiger partial charge in [-0.1, -0.05) is 17.7 Å². The van der Waals surface area contributed by atoms with Crippen molar-refractivity contribution < 1.29 is 13.2 Å². The largest absolute Gasteiger partial charge is 0.495 e. The van der Waals surface area contributed by atoms with E-state index in [0.29, 0.717) is 17.0 Å². The normalized spacial score (nSPS) is 11.8. The molecule has 0 saturated heterocycles. The van der Waals surface area contributed by atoms with Gasteiger partial charge in [0, 0.05) is 23.7 Å². The highest BCUT2D eigenvalue weighted by Crippen LogP contribution is 2.34. The van der Waals surface area contributed by atoms with Gasteiger partial charge in [0.15, 0.2) is 0 Å². The van der Waals surface area contributed by atoms with Gasteiger partial charge in [0.1, 0.15) is 5.75 Å². The summed E-state index contributed by atoms with van der Waals surface area (Å²) in [5.74, 6) is 0.560. The smallest absolute Gasteiger partial charge is 0.268 e. The van der Waals surface area contributed by atoms with Crippen LogP contribution in [0.3, 0.4) is 0 Å². The molecule has 0 saturated carbocycles. The van der Waals surface area contributed by atoms with Crippen molar-refractivity contribution in [2.24, 2.45) is 5.73 Å². The van der Waals surface area contributed by atoms with E-state index in [1.54, 1.807) is 36.4 Å². The van der Waals surface area contributed by atoms with Gasteiger partial charge in [0.25, 0.3) is 10.0 Å². The summed E-state index contributed by atoms with van der Waals surface area (Å²) in [7, 11) is -2.21. The van der Waals surface area contributed by atoms with E-state index in [9.17, 15) is 8.42 Å². The molecule has 0 spiro atoms. The summed E-state index contributed by atoms with van der Waals surface area (Å²) in [6, 6.07) is 12.1. The molecule has 5 nitrogen and oxygen atoms in total. The minimum Gasteiger partial charge on any atom is -0.495 e. The molecule has 2 N–H and O–H groups in total. The van der Waals surface area contributed by atoms with E-state index in [1.165, 1.54) is 11.1 Å².